The Balaban J connectivity index is 1.38. The van der Waals surface area contributed by atoms with Crippen molar-refractivity contribution in [1.29, 1.82) is 0 Å². The van der Waals surface area contributed by atoms with E-state index in [2.05, 4.69) is 31.1 Å². The van der Waals surface area contributed by atoms with E-state index in [0.717, 1.165) is 28.8 Å². The van der Waals surface area contributed by atoms with Crippen molar-refractivity contribution in [3.05, 3.63) is 83.8 Å². The monoisotopic (exact) mass is 535 g/mol. The molecule has 2 aromatic heterocycles. The second-order valence-electron chi connectivity index (χ2n) is 9.17. The van der Waals surface area contributed by atoms with E-state index in [4.69, 9.17) is 9.47 Å². The molecule has 1 aliphatic heterocycles. The summed E-state index contributed by atoms with van der Waals surface area (Å²) in [4.78, 5) is 11.6. The Morgan fingerprint density at radius 2 is 2.00 bits per heavy atom. The van der Waals surface area contributed by atoms with E-state index in [0.29, 0.717) is 33.9 Å². The first-order valence-corrected chi connectivity index (χ1v) is 13.6. The summed E-state index contributed by atoms with van der Waals surface area (Å²) in [5.41, 5.74) is 2.51. The van der Waals surface area contributed by atoms with Gasteiger partial charge in [-0.2, -0.15) is 0 Å². The lowest BCUT2D eigenvalue weighted by Crippen LogP contribution is -2.31. The van der Waals surface area contributed by atoms with Gasteiger partial charge in [-0.25, -0.2) is 13.8 Å². The second kappa shape index (κ2) is 9.19. The zero-order valence-corrected chi connectivity index (χ0v) is 22.2. The summed E-state index contributed by atoms with van der Waals surface area (Å²) in [6, 6.07) is 14.2. The number of hydrogen-bond acceptors (Lipinski definition) is 4. The fourth-order valence-corrected chi connectivity index (χ4v) is 6.04. The van der Waals surface area contributed by atoms with Gasteiger partial charge in [0.15, 0.2) is 11.6 Å². The van der Waals surface area contributed by atoms with Gasteiger partial charge in [-0.05, 0) is 49.9 Å². The maximum atomic E-state index is 15.3. The quantitative estimate of drug-likeness (QED) is 0.189. The summed E-state index contributed by atoms with van der Waals surface area (Å²) >= 11 is 1.39. The molecule has 6 rings (SSSR count). The number of nitrogens with one attached hydrogen (secondary N) is 2. The Morgan fingerprint density at radius 3 is 2.84 bits per heavy atom. The van der Waals surface area contributed by atoms with Gasteiger partial charge in [-0.3, -0.25) is 0 Å². The first-order valence-electron chi connectivity index (χ1n) is 11.8. The third-order valence-corrected chi connectivity index (χ3v) is 8.39. The van der Waals surface area contributed by atoms with Crippen LogP contribution in [-0.2, 0) is 5.41 Å². The van der Waals surface area contributed by atoms with Crippen molar-refractivity contribution >= 4 is 37.2 Å². The first-order chi connectivity index (χ1) is 17.9. The highest BCUT2D eigenvalue weighted by Gasteiger charge is 2.36. The molecule has 1 unspecified atom stereocenters. The average Bonchev–Trinajstić information content (AvgIpc) is 3.60. The SMILES string of the molecule is CSc1c(Oc2ccc(F)c(-c3ncc([C@@]4(C)CCOc5ccccc54)[nH]3)c2)c(F)c(P)c2[nH]ccc12. The molecule has 0 saturated heterocycles. The van der Waals surface area contributed by atoms with E-state index in [1.807, 2.05) is 36.6 Å². The highest BCUT2D eigenvalue weighted by molar-refractivity contribution is 7.99. The van der Waals surface area contributed by atoms with E-state index in [9.17, 15) is 0 Å². The maximum absolute atomic E-state index is 15.3. The molecule has 0 radical (unpaired) electrons. The first kappa shape index (κ1) is 24.0. The van der Waals surface area contributed by atoms with Crippen LogP contribution in [0.3, 0.4) is 0 Å². The van der Waals surface area contributed by atoms with Gasteiger partial charge in [-0.15, -0.1) is 11.8 Å². The zero-order valence-electron chi connectivity index (χ0n) is 20.2. The highest BCUT2D eigenvalue weighted by atomic mass is 32.2. The lowest BCUT2D eigenvalue weighted by atomic mass is 9.75. The van der Waals surface area contributed by atoms with Crippen LogP contribution in [0, 0.1) is 11.6 Å². The van der Waals surface area contributed by atoms with Crippen LogP contribution in [0.15, 0.2) is 65.8 Å². The molecule has 3 aromatic carbocycles. The van der Waals surface area contributed by atoms with Crippen LogP contribution in [0.1, 0.15) is 24.6 Å². The number of para-hydroxylation sites is 1. The van der Waals surface area contributed by atoms with Crippen LogP contribution in [0.4, 0.5) is 8.78 Å². The van der Waals surface area contributed by atoms with Crippen molar-refractivity contribution in [1.82, 2.24) is 15.0 Å². The van der Waals surface area contributed by atoms with Crippen molar-refractivity contribution in [2.45, 2.75) is 23.7 Å². The molecular formula is C28H24F2N3O2PS. The number of ether oxygens (including phenoxy) is 2. The number of aromatic nitrogens is 3. The summed E-state index contributed by atoms with van der Waals surface area (Å²) < 4.78 is 42.2. The lowest BCUT2D eigenvalue weighted by molar-refractivity contribution is 0.241. The number of aromatic amines is 2. The third kappa shape index (κ3) is 3.90. The number of hydrogen-bond donors (Lipinski definition) is 2. The zero-order chi connectivity index (χ0) is 25.7. The minimum atomic E-state index is -0.485. The molecule has 0 aliphatic carbocycles. The van der Waals surface area contributed by atoms with E-state index in [1.54, 1.807) is 18.5 Å². The molecule has 5 nitrogen and oxygen atoms in total. The number of imidazole rings is 1. The lowest BCUT2D eigenvalue weighted by Gasteiger charge is -2.34. The number of benzene rings is 3. The number of halogens is 2. The number of thioether (sulfide) groups is 1. The van der Waals surface area contributed by atoms with Crippen LogP contribution in [-0.4, -0.2) is 27.8 Å². The molecule has 1 aliphatic rings. The van der Waals surface area contributed by atoms with E-state index < -0.39 is 11.6 Å². The van der Waals surface area contributed by atoms with Crippen LogP contribution < -0.4 is 14.8 Å². The van der Waals surface area contributed by atoms with Crippen molar-refractivity contribution in [3.63, 3.8) is 0 Å². The Hall–Kier alpha value is -3.35. The smallest absolute Gasteiger partial charge is 0.177 e. The van der Waals surface area contributed by atoms with Crippen molar-refractivity contribution in [2.24, 2.45) is 0 Å². The van der Waals surface area contributed by atoms with Crippen molar-refractivity contribution in [3.8, 4) is 28.6 Å². The third-order valence-electron chi connectivity index (χ3n) is 7.03. The van der Waals surface area contributed by atoms with Gasteiger partial charge in [-0.1, -0.05) is 27.4 Å². The molecule has 188 valence electrons. The molecule has 0 fully saturated rings. The fraction of sp³-hybridized carbons (Fsp3) is 0.179. The van der Waals surface area contributed by atoms with Crippen molar-refractivity contribution in [2.75, 3.05) is 12.9 Å². The van der Waals surface area contributed by atoms with E-state index >= 15 is 8.78 Å². The molecule has 37 heavy (non-hydrogen) atoms. The fourth-order valence-electron chi connectivity index (χ4n) is 4.96. The molecule has 0 saturated carbocycles. The molecule has 5 aromatic rings. The number of rotatable bonds is 5. The van der Waals surface area contributed by atoms with E-state index in [1.165, 1.54) is 23.9 Å². The van der Waals surface area contributed by atoms with Crippen LogP contribution >= 0.6 is 21.0 Å². The Morgan fingerprint density at radius 1 is 1.16 bits per heavy atom. The standard InChI is InChI=1S/C28H24F2N3O2PS/c1-28(10-12-34-20-6-4-3-5-18(20)28)21-14-32-27(33-21)17-13-15(7-8-19(17)29)35-24-22(30)25(36)23-16(9-11-31-23)26(24)37-2/h3-9,11,13-14,31H,10,12,36H2,1-2H3,(H,32,33)/t28-/m0/s1. The number of H-pyrrole nitrogens is 2. The van der Waals surface area contributed by atoms with Crippen LogP contribution in [0.5, 0.6) is 17.2 Å². The number of fused-ring (bicyclic) bond motifs is 2. The van der Waals surface area contributed by atoms with Gasteiger partial charge < -0.3 is 19.4 Å². The van der Waals surface area contributed by atoms with Gasteiger partial charge in [0.2, 0.25) is 0 Å². The molecule has 0 spiro atoms. The molecule has 2 N–H and O–H groups in total. The summed E-state index contributed by atoms with van der Waals surface area (Å²) in [6.07, 6.45) is 6.14. The average molecular weight is 536 g/mol. The normalized spacial score (nSPS) is 17.0. The predicted molar refractivity (Wildman–Crippen MR) is 146 cm³/mol. The van der Waals surface area contributed by atoms with Gasteiger partial charge in [0.05, 0.1) is 22.6 Å². The Kier molecular flexibility index (Phi) is 5.97. The van der Waals surface area contributed by atoms with Gasteiger partial charge in [0, 0.05) is 39.8 Å². The van der Waals surface area contributed by atoms with Gasteiger partial charge in [0.1, 0.15) is 23.1 Å². The highest BCUT2D eigenvalue weighted by Crippen LogP contribution is 2.44. The van der Waals surface area contributed by atoms with Gasteiger partial charge >= 0.3 is 0 Å². The molecule has 0 bridgehead atoms. The van der Waals surface area contributed by atoms with Crippen LogP contribution in [0.2, 0.25) is 0 Å². The minimum Gasteiger partial charge on any atom is -0.493 e. The van der Waals surface area contributed by atoms with Crippen LogP contribution in [0.25, 0.3) is 22.3 Å². The van der Waals surface area contributed by atoms with Gasteiger partial charge in [0.25, 0.3) is 0 Å². The molecule has 9 heteroatoms. The predicted octanol–water partition coefficient (Wildman–Crippen LogP) is 6.94. The second-order valence-corrected chi connectivity index (χ2v) is 10.6. The largest absolute Gasteiger partial charge is 0.493 e. The molecule has 3 heterocycles. The van der Waals surface area contributed by atoms with Crippen molar-refractivity contribution < 1.29 is 18.3 Å². The topological polar surface area (TPSA) is 62.9 Å². The summed E-state index contributed by atoms with van der Waals surface area (Å²) in [5, 5.41) is 1.24. The number of nitrogens with zero attached hydrogens (tertiary/aromatic N) is 1. The van der Waals surface area contributed by atoms with E-state index in [-0.39, 0.29) is 16.7 Å². The summed E-state index contributed by atoms with van der Waals surface area (Å²) in [7, 11) is 2.43. The minimum absolute atomic E-state index is 0.105. The maximum Gasteiger partial charge on any atom is 0.177 e. The molecular weight excluding hydrogens is 511 g/mol. The molecule has 2 atom stereocenters. The Bertz CT molecular complexity index is 1650. The Labute approximate surface area is 219 Å². The summed E-state index contributed by atoms with van der Waals surface area (Å²) in [5.74, 6) is 0.694. The summed E-state index contributed by atoms with van der Waals surface area (Å²) in [6.45, 7) is 2.71. The molecule has 0 amide bonds.